The first-order valence-electron chi connectivity index (χ1n) is 9.99. The molecule has 0 saturated carbocycles. The zero-order chi connectivity index (χ0) is 21.1. The van der Waals surface area contributed by atoms with E-state index in [4.69, 9.17) is 11.6 Å². The van der Waals surface area contributed by atoms with Crippen LogP contribution in [0.15, 0.2) is 48.5 Å². The fourth-order valence-electron chi connectivity index (χ4n) is 3.61. The highest BCUT2D eigenvalue weighted by atomic mass is 35.5. The molecule has 2 aromatic carbocycles. The summed E-state index contributed by atoms with van der Waals surface area (Å²) in [5.74, 6) is 1.48. The van der Waals surface area contributed by atoms with Crippen LogP contribution in [0.4, 0.5) is 0 Å². The molecule has 30 heavy (non-hydrogen) atoms. The van der Waals surface area contributed by atoms with E-state index in [2.05, 4.69) is 32.5 Å². The Morgan fingerprint density at radius 2 is 1.83 bits per heavy atom. The third kappa shape index (κ3) is 3.86. The van der Waals surface area contributed by atoms with Crippen LogP contribution in [0.3, 0.4) is 0 Å². The van der Waals surface area contributed by atoms with Crippen molar-refractivity contribution in [3.05, 3.63) is 65.2 Å². The summed E-state index contributed by atoms with van der Waals surface area (Å²) in [6, 6.07) is 16.1. The lowest BCUT2D eigenvalue weighted by molar-refractivity contribution is 0.192. The number of nitrogens with zero attached hydrogens (tertiary/aromatic N) is 5. The maximum Gasteiger partial charge on any atom is 0.180 e. The summed E-state index contributed by atoms with van der Waals surface area (Å²) in [6.45, 7) is 3.85. The Hall–Kier alpha value is -3.03. The summed E-state index contributed by atoms with van der Waals surface area (Å²) in [5, 5.41) is 24.9. The predicted molar refractivity (Wildman–Crippen MR) is 116 cm³/mol. The highest BCUT2D eigenvalue weighted by Gasteiger charge is 2.20. The number of aryl methyl sites for hydroxylation is 1. The largest absolute Gasteiger partial charge is 0.387 e. The highest BCUT2D eigenvalue weighted by molar-refractivity contribution is 6.30. The van der Waals surface area contributed by atoms with Crippen LogP contribution in [0.1, 0.15) is 44.3 Å². The van der Waals surface area contributed by atoms with E-state index in [1.807, 2.05) is 53.1 Å². The number of aromatic nitrogens is 6. The van der Waals surface area contributed by atoms with Gasteiger partial charge in [-0.1, -0.05) is 61.3 Å². The second-order valence-corrected chi connectivity index (χ2v) is 7.52. The molecule has 8 heteroatoms. The van der Waals surface area contributed by atoms with E-state index >= 15 is 0 Å². The lowest BCUT2D eigenvalue weighted by Gasteiger charge is -2.15. The number of unbranched alkanes of at least 4 members (excludes halogenated alkanes) is 1. The Morgan fingerprint density at radius 1 is 1.10 bits per heavy atom. The Kier molecular flexibility index (Phi) is 5.92. The van der Waals surface area contributed by atoms with Gasteiger partial charge in [0.05, 0.1) is 11.8 Å². The van der Waals surface area contributed by atoms with Crippen molar-refractivity contribution >= 4 is 11.6 Å². The van der Waals surface area contributed by atoms with Crippen LogP contribution in [0, 0.1) is 0 Å². The summed E-state index contributed by atoms with van der Waals surface area (Å²) in [6.07, 6.45) is 2.13. The van der Waals surface area contributed by atoms with Gasteiger partial charge in [0.25, 0.3) is 0 Å². The Morgan fingerprint density at radius 3 is 2.47 bits per heavy atom. The molecular weight excluding hydrogens is 400 g/mol. The first-order valence-corrected chi connectivity index (χ1v) is 10.4. The van der Waals surface area contributed by atoms with Crippen molar-refractivity contribution in [2.45, 2.75) is 39.2 Å². The summed E-state index contributed by atoms with van der Waals surface area (Å²) < 4.78 is 1.97. The number of aliphatic hydroxyl groups is 1. The number of hydrogen-bond acceptors (Lipinski definition) is 5. The van der Waals surface area contributed by atoms with Gasteiger partial charge in [0.2, 0.25) is 0 Å². The molecule has 154 valence electrons. The number of benzene rings is 2. The SMILES string of the molecule is CCCCc1nc(Cl)c(C(C)O)n1-c1ccc(-c2ccccc2-c2nnn[nH]2)cc1. The van der Waals surface area contributed by atoms with E-state index in [1.165, 1.54) is 0 Å². The molecule has 4 rings (SSSR count). The summed E-state index contributed by atoms with van der Waals surface area (Å²) in [5.41, 5.74) is 4.51. The van der Waals surface area contributed by atoms with E-state index in [-0.39, 0.29) is 0 Å². The van der Waals surface area contributed by atoms with Gasteiger partial charge in [-0.3, -0.25) is 4.57 Å². The number of hydrogen-bond donors (Lipinski definition) is 2. The van der Waals surface area contributed by atoms with Crippen LogP contribution in [-0.4, -0.2) is 35.3 Å². The van der Waals surface area contributed by atoms with Gasteiger partial charge in [0, 0.05) is 17.7 Å². The number of aliphatic hydroxyl groups excluding tert-OH is 1. The van der Waals surface area contributed by atoms with Gasteiger partial charge in [-0.05, 0) is 47.0 Å². The molecule has 2 aromatic heterocycles. The standard InChI is InChI=1S/C22H23ClN6O/c1-3-4-9-19-24-21(23)20(14(2)30)29(19)16-12-10-15(11-13-16)17-7-5-6-8-18(17)22-25-27-28-26-22/h5-8,10-14,30H,3-4,9H2,1-2H3,(H,25,26,27,28). The quantitative estimate of drug-likeness (QED) is 0.447. The van der Waals surface area contributed by atoms with Gasteiger partial charge < -0.3 is 5.11 Å². The van der Waals surface area contributed by atoms with E-state index in [0.717, 1.165) is 47.5 Å². The topological polar surface area (TPSA) is 92.5 Å². The van der Waals surface area contributed by atoms with Crippen LogP contribution in [0.25, 0.3) is 28.2 Å². The van der Waals surface area contributed by atoms with Crippen LogP contribution in [0.2, 0.25) is 5.15 Å². The van der Waals surface area contributed by atoms with Gasteiger partial charge in [-0.2, -0.15) is 0 Å². The van der Waals surface area contributed by atoms with Gasteiger partial charge in [-0.15, -0.1) is 5.10 Å². The summed E-state index contributed by atoms with van der Waals surface area (Å²) in [4.78, 5) is 4.52. The molecular formula is C22H23ClN6O. The summed E-state index contributed by atoms with van der Waals surface area (Å²) in [7, 11) is 0. The molecule has 0 amide bonds. The monoisotopic (exact) mass is 422 g/mol. The minimum Gasteiger partial charge on any atom is -0.387 e. The lowest BCUT2D eigenvalue weighted by Crippen LogP contribution is -2.07. The smallest absolute Gasteiger partial charge is 0.180 e. The normalized spacial score (nSPS) is 12.3. The Balaban J connectivity index is 1.76. The second-order valence-electron chi connectivity index (χ2n) is 7.16. The number of H-pyrrole nitrogens is 1. The van der Waals surface area contributed by atoms with E-state index < -0.39 is 6.10 Å². The zero-order valence-electron chi connectivity index (χ0n) is 16.9. The lowest BCUT2D eigenvalue weighted by atomic mass is 9.99. The van der Waals surface area contributed by atoms with Crippen molar-refractivity contribution in [3.63, 3.8) is 0 Å². The molecule has 0 aliphatic rings. The maximum atomic E-state index is 10.3. The molecule has 2 heterocycles. The minimum absolute atomic E-state index is 0.350. The molecule has 7 nitrogen and oxygen atoms in total. The number of imidazole rings is 1. The Bertz CT molecular complexity index is 1120. The fraction of sp³-hybridized carbons (Fsp3) is 0.273. The molecule has 2 N–H and O–H groups in total. The van der Waals surface area contributed by atoms with Crippen molar-refractivity contribution in [3.8, 4) is 28.2 Å². The first-order chi connectivity index (χ1) is 14.6. The molecule has 0 radical (unpaired) electrons. The second kappa shape index (κ2) is 8.77. The maximum absolute atomic E-state index is 10.3. The van der Waals surface area contributed by atoms with Gasteiger partial charge in [-0.25, -0.2) is 10.1 Å². The van der Waals surface area contributed by atoms with Crippen molar-refractivity contribution in [1.82, 2.24) is 30.2 Å². The number of tetrazole rings is 1. The first kappa shape index (κ1) is 20.3. The number of nitrogens with one attached hydrogen (secondary N) is 1. The molecule has 1 unspecified atom stereocenters. The van der Waals surface area contributed by atoms with Crippen molar-refractivity contribution in [2.24, 2.45) is 0 Å². The number of halogens is 1. The average molecular weight is 423 g/mol. The van der Waals surface area contributed by atoms with Crippen LogP contribution in [0.5, 0.6) is 0 Å². The molecule has 0 aliphatic heterocycles. The minimum atomic E-state index is -0.722. The molecule has 0 saturated heterocycles. The Labute approximate surface area is 179 Å². The summed E-state index contributed by atoms with van der Waals surface area (Å²) >= 11 is 6.36. The molecule has 1 atom stereocenters. The van der Waals surface area contributed by atoms with Crippen LogP contribution >= 0.6 is 11.6 Å². The van der Waals surface area contributed by atoms with E-state index in [0.29, 0.717) is 16.7 Å². The predicted octanol–water partition coefficient (Wildman–Crippen LogP) is 4.77. The molecule has 0 bridgehead atoms. The zero-order valence-corrected chi connectivity index (χ0v) is 17.6. The van der Waals surface area contributed by atoms with Crippen molar-refractivity contribution in [2.75, 3.05) is 0 Å². The van der Waals surface area contributed by atoms with Gasteiger partial charge in [0.15, 0.2) is 11.0 Å². The highest BCUT2D eigenvalue weighted by Crippen LogP contribution is 2.32. The number of rotatable bonds is 7. The molecule has 4 aromatic rings. The third-order valence-corrected chi connectivity index (χ3v) is 5.33. The van der Waals surface area contributed by atoms with Crippen LogP contribution in [-0.2, 0) is 6.42 Å². The van der Waals surface area contributed by atoms with Crippen molar-refractivity contribution in [1.29, 1.82) is 0 Å². The van der Waals surface area contributed by atoms with Gasteiger partial charge in [0.1, 0.15) is 5.82 Å². The van der Waals surface area contributed by atoms with Crippen LogP contribution < -0.4 is 0 Å². The third-order valence-electron chi connectivity index (χ3n) is 5.05. The fourth-order valence-corrected chi connectivity index (χ4v) is 3.95. The van der Waals surface area contributed by atoms with E-state index in [9.17, 15) is 5.11 Å². The molecule has 0 spiro atoms. The number of aromatic amines is 1. The van der Waals surface area contributed by atoms with Gasteiger partial charge >= 0.3 is 0 Å². The molecule has 0 aliphatic carbocycles. The average Bonchev–Trinajstić information content (AvgIpc) is 3.40. The molecule has 0 fully saturated rings. The van der Waals surface area contributed by atoms with E-state index in [1.54, 1.807) is 6.92 Å². The van der Waals surface area contributed by atoms with Crippen molar-refractivity contribution < 1.29 is 5.11 Å².